The average Bonchev–Trinajstić information content (AvgIpc) is 3.00. The highest BCUT2D eigenvalue weighted by atomic mass is 79.9. The molecule has 0 radical (unpaired) electrons. The topological polar surface area (TPSA) is 72.9 Å². The molecule has 1 atom stereocenters. The number of carbonyl (C=O) groups excluding carboxylic acids is 3. The minimum absolute atomic E-state index is 0.216. The van der Waals surface area contributed by atoms with Crippen LogP contribution in [0.5, 0.6) is 5.75 Å². The lowest BCUT2D eigenvalue weighted by Gasteiger charge is -2.18. The molecule has 2 aromatic carbocycles. The van der Waals surface area contributed by atoms with Gasteiger partial charge in [0.15, 0.2) is 0 Å². The van der Waals surface area contributed by atoms with Gasteiger partial charge in [0.25, 0.3) is 11.1 Å². The number of benzene rings is 2. The number of hydrogen-bond acceptors (Lipinski definition) is 6. The molecule has 3 rings (SSSR count). The predicted molar refractivity (Wildman–Crippen MR) is 114 cm³/mol. The van der Waals surface area contributed by atoms with Gasteiger partial charge in [-0.05, 0) is 48.5 Å². The van der Waals surface area contributed by atoms with Gasteiger partial charge in [0.2, 0.25) is 0 Å². The van der Waals surface area contributed by atoms with E-state index in [2.05, 4.69) is 20.7 Å². The summed E-state index contributed by atoms with van der Waals surface area (Å²) in [6.07, 6.45) is 1.60. The lowest BCUT2D eigenvalue weighted by molar-refractivity contribution is -0.148. The highest BCUT2D eigenvalue weighted by molar-refractivity contribution is 9.10. The van der Waals surface area contributed by atoms with Crippen molar-refractivity contribution in [2.75, 3.05) is 7.11 Å². The summed E-state index contributed by atoms with van der Waals surface area (Å²) in [5.41, 5.74) is 1.65. The number of thioether (sulfide) groups is 1. The van der Waals surface area contributed by atoms with Gasteiger partial charge in [0.05, 0.1) is 12.0 Å². The Morgan fingerprint density at radius 2 is 1.93 bits per heavy atom. The van der Waals surface area contributed by atoms with E-state index in [1.165, 1.54) is 14.0 Å². The van der Waals surface area contributed by atoms with Crippen LogP contribution in [0.15, 0.2) is 57.9 Å². The normalized spacial score (nSPS) is 16.2. The third-order valence-electron chi connectivity index (χ3n) is 4.25. The molecule has 1 heterocycles. The standard InChI is InChI=1S/C21H18BrNO5S/c1-13(20(25)27-2)23-19(24)18(29-21(23)26)11-15-10-16(22)8-9-17(15)28-12-14-6-4-3-5-7-14/h3-11,13H,12H2,1-2H3/b18-11+/t13-/m0/s1. The second kappa shape index (κ2) is 9.28. The molecule has 0 bridgehead atoms. The maximum absolute atomic E-state index is 12.7. The number of ether oxygens (including phenoxy) is 2. The number of carbonyl (C=O) groups is 3. The SMILES string of the molecule is COC(=O)[C@H](C)N1C(=O)S/C(=C/c2cc(Br)ccc2OCc2ccccc2)C1=O. The van der Waals surface area contributed by atoms with E-state index in [1.807, 2.05) is 36.4 Å². The van der Waals surface area contributed by atoms with Crippen LogP contribution in [0.4, 0.5) is 4.79 Å². The van der Waals surface area contributed by atoms with Gasteiger partial charge in [-0.3, -0.25) is 14.5 Å². The fourth-order valence-electron chi connectivity index (χ4n) is 2.73. The van der Waals surface area contributed by atoms with Crippen molar-refractivity contribution in [2.45, 2.75) is 19.6 Å². The summed E-state index contributed by atoms with van der Waals surface area (Å²) in [5.74, 6) is -0.611. The zero-order valence-corrected chi connectivity index (χ0v) is 18.2. The van der Waals surface area contributed by atoms with Crippen molar-refractivity contribution in [3.05, 3.63) is 69.0 Å². The van der Waals surface area contributed by atoms with Crippen molar-refractivity contribution in [3.8, 4) is 5.75 Å². The first kappa shape index (κ1) is 21.1. The molecule has 2 aromatic rings. The molecule has 1 saturated heterocycles. The summed E-state index contributed by atoms with van der Waals surface area (Å²) in [6.45, 7) is 1.82. The van der Waals surface area contributed by atoms with E-state index < -0.39 is 23.2 Å². The van der Waals surface area contributed by atoms with Crippen molar-refractivity contribution < 1.29 is 23.9 Å². The second-order valence-electron chi connectivity index (χ2n) is 6.21. The van der Waals surface area contributed by atoms with Crippen LogP contribution in [-0.4, -0.2) is 35.2 Å². The van der Waals surface area contributed by atoms with Crippen LogP contribution in [0.2, 0.25) is 0 Å². The van der Waals surface area contributed by atoms with E-state index in [1.54, 1.807) is 18.2 Å². The molecule has 0 saturated carbocycles. The van der Waals surface area contributed by atoms with Crippen LogP contribution in [0, 0.1) is 0 Å². The number of nitrogens with zero attached hydrogens (tertiary/aromatic N) is 1. The number of esters is 1. The van der Waals surface area contributed by atoms with Crippen LogP contribution in [0.25, 0.3) is 6.08 Å². The highest BCUT2D eigenvalue weighted by Gasteiger charge is 2.41. The molecule has 1 aliphatic heterocycles. The molecular formula is C21H18BrNO5S. The summed E-state index contributed by atoms with van der Waals surface area (Å²) < 4.78 is 11.4. The van der Waals surface area contributed by atoms with Crippen LogP contribution < -0.4 is 4.74 Å². The number of methoxy groups -OCH3 is 1. The lowest BCUT2D eigenvalue weighted by atomic mass is 10.1. The van der Waals surface area contributed by atoms with E-state index in [9.17, 15) is 14.4 Å². The summed E-state index contributed by atoms with van der Waals surface area (Å²) in [4.78, 5) is 37.9. The Balaban J connectivity index is 1.86. The van der Waals surface area contributed by atoms with Gasteiger partial charge in [0, 0.05) is 10.0 Å². The Bertz CT molecular complexity index is 976. The molecule has 0 aromatic heterocycles. The number of halogens is 1. The number of imide groups is 1. The van der Waals surface area contributed by atoms with Crippen LogP contribution in [0.1, 0.15) is 18.1 Å². The Morgan fingerprint density at radius 1 is 1.21 bits per heavy atom. The van der Waals surface area contributed by atoms with Gasteiger partial charge in [-0.15, -0.1) is 0 Å². The summed E-state index contributed by atoms with van der Waals surface area (Å²) in [5, 5.41) is -0.513. The number of amides is 2. The summed E-state index contributed by atoms with van der Waals surface area (Å²) in [7, 11) is 1.21. The Hall–Kier alpha value is -2.58. The first-order valence-electron chi connectivity index (χ1n) is 8.72. The van der Waals surface area contributed by atoms with Crippen molar-refractivity contribution >= 4 is 50.9 Å². The number of hydrogen-bond donors (Lipinski definition) is 0. The average molecular weight is 476 g/mol. The van der Waals surface area contributed by atoms with Gasteiger partial charge < -0.3 is 9.47 Å². The zero-order chi connectivity index (χ0) is 21.0. The molecule has 0 N–H and O–H groups in total. The Kier molecular flexibility index (Phi) is 6.76. The molecule has 0 spiro atoms. The maximum Gasteiger partial charge on any atom is 0.328 e. The van der Waals surface area contributed by atoms with E-state index >= 15 is 0 Å². The largest absolute Gasteiger partial charge is 0.488 e. The third kappa shape index (κ3) is 4.89. The van der Waals surface area contributed by atoms with Crippen molar-refractivity contribution in [1.29, 1.82) is 0 Å². The molecular weight excluding hydrogens is 458 g/mol. The highest BCUT2D eigenvalue weighted by Crippen LogP contribution is 2.36. The van der Waals surface area contributed by atoms with Crippen molar-refractivity contribution in [1.82, 2.24) is 4.90 Å². The Morgan fingerprint density at radius 3 is 2.62 bits per heavy atom. The molecule has 0 unspecified atom stereocenters. The quantitative estimate of drug-likeness (QED) is 0.448. The number of rotatable bonds is 6. The van der Waals surface area contributed by atoms with Crippen molar-refractivity contribution in [3.63, 3.8) is 0 Å². The molecule has 6 nitrogen and oxygen atoms in total. The first-order chi connectivity index (χ1) is 13.9. The fourth-order valence-corrected chi connectivity index (χ4v) is 4.01. The monoisotopic (exact) mass is 475 g/mol. The third-order valence-corrected chi connectivity index (χ3v) is 5.63. The molecule has 0 aliphatic carbocycles. The van der Waals surface area contributed by atoms with Crippen LogP contribution >= 0.6 is 27.7 Å². The van der Waals surface area contributed by atoms with Crippen molar-refractivity contribution in [2.24, 2.45) is 0 Å². The van der Waals surface area contributed by atoms with E-state index in [-0.39, 0.29) is 4.91 Å². The smallest absolute Gasteiger partial charge is 0.328 e. The van der Waals surface area contributed by atoms with Gasteiger partial charge in [-0.1, -0.05) is 46.3 Å². The van der Waals surface area contributed by atoms with E-state index in [0.717, 1.165) is 26.7 Å². The molecule has 29 heavy (non-hydrogen) atoms. The first-order valence-corrected chi connectivity index (χ1v) is 10.3. The minimum Gasteiger partial charge on any atom is -0.488 e. The predicted octanol–water partition coefficient (Wildman–Crippen LogP) is 4.63. The molecule has 2 amide bonds. The minimum atomic E-state index is -0.991. The molecule has 150 valence electrons. The molecule has 1 fully saturated rings. The van der Waals surface area contributed by atoms with Gasteiger partial charge in [-0.2, -0.15) is 0 Å². The molecule has 1 aliphatic rings. The summed E-state index contributed by atoms with van der Waals surface area (Å²) in [6, 6.07) is 14.1. The molecule has 8 heteroatoms. The fraction of sp³-hybridized carbons (Fsp3) is 0.190. The van der Waals surface area contributed by atoms with Gasteiger partial charge >= 0.3 is 5.97 Å². The van der Waals surface area contributed by atoms with E-state index in [0.29, 0.717) is 17.9 Å². The van der Waals surface area contributed by atoms with Gasteiger partial charge in [0.1, 0.15) is 18.4 Å². The zero-order valence-electron chi connectivity index (χ0n) is 15.8. The van der Waals surface area contributed by atoms with E-state index in [4.69, 9.17) is 4.74 Å². The maximum atomic E-state index is 12.7. The van der Waals surface area contributed by atoms with Crippen LogP contribution in [-0.2, 0) is 20.9 Å². The van der Waals surface area contributed by atoms with Gasteiger partial charge in [-0.25, -0.2) is 4.79 Å². The second-order valence-corrected chi connectivity index (χ2v) is 8.12. The van der Waals surface area contributed by atoms with Crippen LogP contribution in [0.3, 0.4) is 0 Å². The Labute approximate surface area is 181 Å². The summed E-state index contributed by atoms with van der Waals surface area (Å²) >= 11 is 4.20. The lowest BCUT2D eigenvalue weighted by Crippen LogP contribution is -2.42.